The summed E-state index contributed by atoms with van der Waals surface area (Å²) in [6.07, 6.45) is 1.74. The number of likely N-dealkylation sites (N-methyl/N-ethyl adjacent to an activating group) is 1. The Morgan fingerprint density at radius 1 is 0.775 bits per heavy atom. The van der Waals surface area contributed by atoms with Crippen LogP contribution in [0.15, 0.2) is 70.5 Å². The normalized spacial score (nSPS) is 13.1. The van der Waals surface area contributed by atoms with E-state index in [-0.39, 0.29) is 16.3 Å². The number of carboxylic acids is 3. The van der Waals surface area contributed by atoms with Crippen molar-refractivity contribution in [1.82, 2.24) is 33.9 Å². The first-order valence-electron chi connectivity index (χ1n) is 22.3. The molecule has 4 heterocycles. The predicted molar refractivity (Wildman–Crippen MR) is 260 cm³/mol. The van der Waals surface area contributed by atoms with Crippen LogP contribution in [0.5, 0.6) is 28.7 Å². The summed E-state index contributed by atoms with van der Waals surface area (Å²) in [4.78, 5) is 57.7. The van der Waals surface area contributed by atoms with Gasteiger partial charge in [-0.25, -0.2) is 18.2 Å². The number of piperazine rings is 1. The van der Waals surface area contributed by atoms with Crippen LogP contribution in [0.1, 0.15) is 50.1 Å². The Labute approximate surface area is 409 Å². The van der Waals surface area contributed by atoms with Gasteiger partial charge < -0.3 is 54.0 Å². The lowest BCUT2D eigenvalue weighted by molar-refractivity contribution is -0.170. The van der Waals surface area contributed by atoms with Crippen LogP contribution in [-0.4, -0.2) is 155 Å². The van der Waals surface area contributed by atoms with Gasteiger partial charge in [0.15, 0.2) is 34.1 Å². The van der Waals surface area contributed by atoms with E-state index in [1.807, 2.05) is 63.5 Å². The van der Waals surface area contributed by atoms with Crippen LogP contribution >= 0.6 is 0 Å². The van der Waals surface area contributed by atoms with E-state index in [4.69, 9.17) is 49.1 Å². The zero-order valence-corrected chi connectivity index (χ0v) is 41.5. The van der Waals surface area contributed by atoms with Gasteiger partial charge in [0.25, 0.3) is 5.56 Å². The van der Waals surface area contributed by atoms with Crippen LogP contribution in [0.3, 0.4) is 0 Å². The van der Waals surface area contributed by atoms with Gasteiger partial charge in [-0.1, -0.05) is 19.4 Å². The van der Waals surface area contributed by atoms with E-state index >= 15 is 0 Å². The number of ether oxygens (including phenoxy) is 5. The Balaban J connectivity index is 0.000000218. The maximum Gasteiger partial charge on any atom is 0.336 e. The van der Waals surface area contributed by atoms with Crippen molar-refractivity contribution in [1.29, 1.82) is 0 Å². The molecule has 0 spiro atoms. The minimum atomic E-state index is -3.70. The monoisotopic (exact) mass is 1010 g/mol. The minimum Gasteiger partial charge on any atom is -0.493 e. The fourth-order valence-electron chi connectivity index (χ4n) is 7.69. The number of carbonyl (C=O) groups is 3. The lowest BCUT2D eigenvalue weighted by Crippen LogP contribution is -2.47. The molecule has 22 nitrogen and oxygen atoms in total. The molecular formula is C48H59N7O15S. The number of sulfonamides is 1. The highest BCUT2D eigenvalue weighted by molar-refractivity contribution is 7.89. The molecule has 1 saturated heterocycles. The van der Waals surface area contributed by atoms with Crippen LogP contribution in [-0.2, 0) is 44.3 Å². The number of aliphatic carboxylic acids is 3. The number of fused-ring (bicyclic) bond motifs is 2. The number of aromatic nitrogens is 5. The van der Waals surface area contributed by atoms with Gasteiger partial charge in [-0.15, -0.1) is 0 Å². The molecule has 3 aromatic heterocycles. The summed E-state index contributed by atoms with van der Waals surface area (Å²) < 4.78 is 56.9. The molecule has 0 saturated carbocycles. The van der Waals surface area contributed by atoms with Crippen molar-refractivity contribution in [3.8, 4) is 40.1 Å². The van der Waals surface area contributed by atoms with E-state index in [0.29, 0.717) is 91.0 Å². The first kappa shape index (κ1) is 54.6. The number of pyridine rings is 1. The molecule has 0 amide bonds. The first-order chi connectivity index (χ1) is 33.7. The summed E-state index contributed by atoms with van der Waals surface area (Å²) in [7, 11) is 6.52. The highest BCUT2D eigenvalue weighted by Crippen LogP contribution is 2.35. The van der Waals surface area contributed by atoms with Gasteiger partial charge in [-0.3, -0.25) is 24.0 Å². The van der Waals surface area contributed by atoms with Crippen LogP contribution in [0.2, 0.25) is 0 Å². The Bertz CT molecular complexity index is 3020. The quantitative estimate of drug-likeness (QED) is 0.0805. The van der Waals surface area contributed by atoms with Crippen molar-refractivity contribution in [2.45, 2.75) is 56.4 Å². The third-order valence-electron chi connectivity index (χ3n) is 11.3. The molecular weight excluding hydrogens is 947 g/mol. The predicted octanol–water partition coefficient (Wildman–Crippen LogP) is 4.22. The van der Waals surface area contributed by atoms with Crippen LogP contribution in [0.25, 0.3) is 33.2 Å². The summed E-state index contributed by atoms with van der Waals surface area (Å²) in [5.41, 5.74) is 1.06. The molecule has 0 atom stereocenters. The maximum atomic E-state index is 13.3. The molecule has 7 rings (SSSR count). The second-order valence-corrected chi connectivity index (χ2v) is 18.2. The van der Waals surface area contributed by atoms with Gasteiger partial charge >= 0.3 is 17.9 Å². The lowest BCUT2D eigenvalue weighted by atomic mass is 9.96. The number of aliphatic hydroxyl groups is 1. The molecule has 1 fully saturated rings. The molecule has 0 bridgehead atoms. The topological polar surface area (TPSA) is 295 Å². The number of aryl methyl sites for hydroxylation is 2. The van der Waals surface area contributed by atoms with Crippen molar-refractivity contribution >= 4 is 49.7 Å². The largest absolute Gasteiger partial charge is 0.493 e. The molecule has 5 N–H and O–H groups in total. The average Bonchev–Trinajstić information content (AvgIpc) is 3.65. The van der Waals surface area contributed by atoms with Crippen molar-refractivity contribution in [2.24, 2.45) is 7.05 Å². The Morgan fingerprint density at radius 3 is 1.96 bits per heavy atom. The molecule has 0 aliphatic carbocycles. The number of nitrogens with one attached hydrogen (secondary N) is 1. The molecule has 71 heavy (non-hydrogen) atoms. The van der Waals surface area contributed by atoms with Crippen molar-refractivity contribution < 1.29 is 66.9 Å². The van der Waals surface area contributed by atoms with E-state index < -0.39 is 46.4 Å². The zero-order chi connectivity index (χ0) is 52.2. The summed E-state index contributed by atoms with van der Waals surface area (Å²) in [6.45, 7) is 6.48. The molecule has 3 aromatic carbocycles. The summed E-state index contributed by atoms with van der Waals surface area (Å²) in [6, 6.07) is 16.5. The molecule has 0 unspecified atom stereocenters. The van der Waals surface area contributed by atoms with Crippen molar-refractivity contribution in [3.05, 3.63) is 88.1 Å². The van der Waals surface area contributed by atoms with E-state index in [9.17, 15) is 27.6 Å². The second kappa shape index (κ2) is 24.0. The number of hydrogen-bond acceptors (Lipinski definition) is 16. The number of methoxy groups -OCH3 is 4. The summed E-state index contributed by atoms with van der Waals surface area (Å²) in [5, 5.41) is 40.4. The lowest BCUT2D eigenvalue weighted by Gasteiger charge is -2.31. The van der Waals surface area contributed by atoms with Gasteiger partial charge in [0.1, 0.15) is 17.1 Å². The third-order valence-corrected chi connectivity index (χ3v) is 13.2. The highest BCUT2D eigenvalue weighted by atomic mass is 32.2. The van der Waals surface area contributed by atoms with Crippen molar-refractivity contribution in [2.75, 3.05) is 68.3 Å². The zero-order valence-electron chi connectivity index (χ0n) is 40.7. The smallest absolute Gasteiger partial charge is 0.336 e. The van der Waals surface area contributed by atoms with Crippen molar-refractivity contribution in [3.63, 3.8) is 0 Å². The number of nitrogens with zero attached hydrogens (tertiary/aromatic N) is 6. The first-order valence-corrected chi connectivity index (χ1v) is 23.7. The molecule has 1 aliphatic heterocycles. The fraction of sp³-hybridized carbons (Fsp3) is 0.396. The van der Waals surface area contributed by atoms with Gasteiger partial charge in [0.05, 0.1) is 69.7 Å². The number of hydrogen-bond donors (Lipinski definition) is 5. The Kier molecular flexibility index (Phi) is 18.4. The van der Waals surface area contributed by atoms with Crippen LogP contribution in [0, 0.1) is 0 Å². The van der Waals surface area contributed by atoms with Gasteiger partial charge in [0.2, 0.25) is 10.0 Å². The molecule has 6 aromatic rings. The standard InChI is InChI=1S/C22H30N6O4S.C20H21NO4.C6H8O7/c1-5-7-17-19-20(27(4)25-17)22(29)24-21(23-19)16-14-15(8-9-18(16)32-6-2)33(30,31)28-12-10-26(3)11-13-28;1-22-17-6-5-13(10-18(17)23-2)9-16-15-12-20(25-4)19(24-3)11-14(15)7-8-21-16;7-3(8)1-6(13,5(11)12)2-4(9)10/h8-9,14H,5-7,10-13H2,1-4H3,(H,23,24,29);5-8,10-12H,9H2,1-4H3;13H,1-2H2,(H,7,8)(H,9,10)(H,11,12). The SMILES string of the molecule is CCCc1nn(C)c2c(=O)[nH]c(-c3cc(S(=O)(=O)N4CCN(C)CC4)ccc3OCC)nc12.COc1ccc(Cc2nccc3cc(OC)c(OC)cc23)cc1OC.O=C(O)CC(O)(CC(=O)O)C(=O)O. The number of H-pyrrole nitrogens is 1. The minimum absolute atomic E-state index is 0.147. The molecule has 1 aliphatic rings. The van der Waals surface area contributed by atoms with Gasteiger partial charge in [-0.05, 0) is 79.9 Å². The van der Waals surface area contributed by atoms with E-state index in [0.717, 1.165) is 34.1 Å². The molecule has 0 radical (unpaired) electrons. The van der Waals surface area contributed by atoms with Crippen LogP contribution in [0.4, 0.5) is 0 Å². The van der Waals surface area contributed by atoms with Gasteiger partial charge in [-0.2, -0.15) is 9.40 Å². The van der Waals surface area contributed by atoms with E-state index in [2.05, 4.69) is 20.0 Å². The Morgan fingerprint density at radius 2 is 1.38 bits per heavy atom. The van der Waals surface area contributed by atoms with E-state index in [1.165, 1.54) is 8.99 Å². The molecule has 23 heteroatoms. The maximum absolute atomic E-state index is 13.3. The Hall–Kier alpha value is -7.34. The van der Waals surface area contributed by atoms with E-state index in [1.54, 1.807) is 53.7 Å². The number of benzene rings is 3. The highest BCUT2D eigenvalue weighted by Gasteiger charge is 2.41. The summed E-state index contributed by atoms with van der Waals surface area (Å²) in [5.74, 6) is -1.48. The van der Waals surface area contributed by atoms with Gasteiger partial charge in [0, 0.05) is 51.2 Å². The average molecular weight is 1010 g/mol. The number of rotatable bonds is 18. The second-order valence-electron chi connectivity index (χ2n) is 16.3. The molecule has 382 valence electrons. The number of aromatic amines is 1. The third kappa shape index (κ3) is 13.1. The fourth-order valence-corrected chi connectivity index (χ4v) is 9.14. The van der Waals surface area contributed by atoms with Crippen LogP contribution < -0.4 is 29.2 Å². The number of carboxylic acid groups (broad SMARTS) is 3. The summed E-state index contributed by atoms with van der Waals surface area (Å²) >= 11 is 0.